The van der Waals surface area contributed by atoms with Crippen LogP contribution in [-0.2, 0) is 7.05 Å². The molecule has 4 nitrogen and oxygen atoms in total. The van der Waals surface area contributed by atoms with E-state index in [1.165, 1.54) is 0 Å². The van der Waals surface area contributed by atoms with E-state index in [4.69, 9.17) is 0 Å². The molecule has 1 N–H and O–H groups in total. The second-order valence-corrected chi connectivity index (χ2v) is 4.01. The molecule has 0 aliphatic heterocycles. The van der Waals surface area contributed by atoms with Crippen molar-refractivity contribution in [2.24, 2.45) is 7.05 Å². The third-order valence-corrected chi connectivity index (χ3v) is 2.95. The third kappa shape index (κ3) is 1.38. The second kappa shape index (κ2) is 3.63. The third-order valence-electron chi connectivity index (χ3n) is 2.95. The van der Waals surface area contributed by atoms with Gasteiger partial charge in [-0.25, -0.2) is 4.57 Å². The first-order valence-electron chi connectivity index (χ1n) is 5.25. The lowest BCUT2D eigenvalue weighted by molar-refractivity contribution is -0.514. The van der Waals surface area contributed by atoms with Gasteiger partial charge in [-0.05, 0) is 18.6 Å². The number of rotatable bonds is 1. The molecule has 0 aliphatic carbocycles. The minimum absolute atomic E-state index is 0.0568. The number of fused-ring (bicyclic) bond motifs is 1. The van der Waals surface area contributed by atoms with Gasteiger partial charge in [0.1, 0.15) is 0 Å². The van der Waals surface area contributed by atoms with Crippen LogP contribution in [0.15, 0.2) is 18.3 Å². The van der Waals surface area contributed by atoms with Crippen LogP contribution in [-0.4, -0.2) is 17.5 Å². The zero-order valence-corrected chi connectivity index (χ0v) is 10.0. The predicted molar refractivity (Wildman–Crippen MR) is 61.4 cm³/mol. The molecule has 2 aromatic heterocycles. The number of hydrogen-bond donors (Lipinski definition) is 1. The lowest BCUT2D eigenvalue weighted by Gasteiger charge is -1.95. The van der Waals surface area contributed by atoms with Crippen molar-refractivity contribution in [1.82, 2.24) is 9.88 Å². The summed E-state index contributed by atoms with van der Waals surface area (Å²) in [5.74, 6) is -0.0568. The van der Waals surface area contributed by atoms with E-state index in [9.17, 15) is 4.79 Å². The van der Waals surface area contributed by atoms with E-state index in [1.807, 2.05) is 48.2 Å². The quantitative estimate of drug-likeness (QED) is 0.704. The molecular formula is C12H16N3O+. The van der Waals surface area contributed by atoms with Crippen LogP contribution < -0.4 is 9.72 Å². The topological polar surface area (TPSA) is 38.1 Å². The summed E-state index contributed by atoms with van der Waals surface area (Å²) in [7, 11) is 3.61. The van der Waals surface area contributed by atoms with E-state index in [-0.39, 0.29) is 5.91 Å². The number of carbonyl (C=O) groups is 1. The molecule has 2 rings (SSSR count). The van der Waals surface area contributed by atoms with Crippen molar-refractivity contribution in [3.63, 3.8) is 0 Å². The standard InChI is InChI=1S/C12H15N3O/c1-8-5-6-10-14(4)9(2)11(12(16)13-3)15(10)7-8/h5-7H,1-4H3/p+1. The molecule has 0 radical (unpaired) electrons. The smallest absolute Gasteiger partial charge is 0.295 e. The van der Waals surface area contributed by atoms with Gasteiger partial charge in [0.05, 0.1) is 13.2 Å². The van der Waals surface area contributed by atoms with Gasteiger partial charge in [-0.1, -0.05) is 0 Å². The summed E-state index contributed by atoms with van der Waals surface area (Å²) in [4.78, 5) is 11.8. The maximum atomic E-state index is 11.8. The van der Waals surface area contributed by atoms with E-state index >= 15 is 0 Å². The number of nitrogens with zero attached hydrogens (tertiary/aromatic N) is 2. The highest BCUT2D eigenvalue weighted by atomic mass is 16.1. The van der Waals surface area contributed by atoms with Crippen molar-refractivity contribution in [2.45, 2.75) is 13.8 Å². The zero-order chi connectivity index (χ0) is 11.9. The minimum Gasteiger partial charge on any atom is -0.352 e. The lowest BCUT2D eigenvalue weighted by atomic mass is 10.3. The molecule has 0 fully saturated rings. The monoisotopic (exact) mass is 218 g/mol. The van der Waals surface area contributed by atoms with Crippen LogP contribution in [0.3, 0.4) is 0 Å². The number of amides is 1. The number of imidazole rings is 1. The van der Waals surface area contributed by atoms with E-state index in [0.29, 0.717) is 5.69 Å². The highest BCUT2D eigenvalue weighted by Gasteiger charge is 2.24. The molecule has 0 unspecified atom stereocenters. The van der Waals surface area contributed by atoms with Gasteiger partial charge in [0.2, 0.25) is 5.69 Å². The van der Waals surface area contributed by atoms with Gasteiger partial charge in [0.25, 0.3) is 11.6 Å². The number of aromatic nitrogens is 2. The number of aryl methyl sites for hydroxylation is 2. The van der Waals surface area contributed by atoms with Gasteiger partial charge in [0.15, 0.2) is 5.69 Å². The molecule has 0 saturated carbocycles. The molecule has 84 valence electrons. The van der Waals surface area contributed by atoms with Crippen LogP contribution >= 0.6 is 0 Å². The first-order chi connectivity index (χ1) is 7.56. The van der Waals surface area contributed by atoms with Gasteiger partial charge in [-0.2, -0.15) is 4.40 Å². The molecule has 0 bridgehead atoms. The Morgan fingerprint density at radius 1 is 1.38 bits per heavy atom. The van der Waals surface area contributed by atoms with E-state index < -0.39 is 0 Å². The normalized spacial score (nSPS) is 10.8. The summed E-state index contributed by atoms with van der Waals surface area (Å²) in [5.41, 5.74) is 3.81. The SMILES string of the molecule is CNC(=O)c1c(C)n(C)c2ccc(C)c[n+]12. The lowest BCUT2D eigenvalue weighted by Crippen LogP contribution is -2.33. The van der Waals surface area contributed by atoms with Gasteiger partial charge in [-0.15, -0.1) is 0 Å². The maximum Gasteiger partial charge on any atom is 0.295 e. The van der Waals surface area contributed by atoms with Gasteiger partial charge < -0.3 is 5.32 Å². The number of hydrogen-bond acceptors (Lipinski definition) is 1. The summed E-state index contributed by atoms with van der Waals surface area (Å²) >= 11 is 0. The molecule has 0 spiro atoms. The minimum atomic E-state index is -0.0568. The Balaban J connectivity index is 2.85. The maximum absolute atomic E-state index is 11.8. The van der Waals surface area contributed by atoms with Crippen LogP contribution in [0.25, 0.3) is 5.65 Å². The van der Waals surface area contributed by atoms with Gasteiger partial charge >= 0.3 is 0 Å². The number of pyridine rings is 1. The molecule has 0 aliphatic rings. The van der Waals surface area contributed by atoms with Crippen molar-refractivity contribution >= 4 is 11.6 Å². The summed E-state index contributed by atoms with van der Waals surface area (Å²) < 4.78 is 3.95. The van der Waals surface area contributed by atoms with Crippen LogP contribution in [0, 0.1) is 13.8 Å². The molecule has 0 atom stereocenters. The Morgan fingerprint density at radius 3 is 2.69 bits per heavy atom. The van der Waals surface area contributed by atoms with E-state index in [2.05, 4.69) is 5.32 Å². The molecule has 4 heteroatoms. The highest BCUT2D eigenvalue weighted by molar-refractivity contribution is 5.92. The summed E-state index contributed by atoms with van der Waals surface area (Å²) in [5, 5.41) is 2.67. The average Bonchev–Trinajstić information content (AvgIpc) is 2.51. The summed E-state index contributed by atoms with van der Waals surface area (Å²) in [6, 6.07) is 4.07. The fourth-order valence-electron chi connectivity index (χ4n) is 1.95. The molecular weight excluding hydrogens is 202 g/mol. The first kappa shape index (κ1) is 10.7. The molecule has 2 heterocycles. The Morgan fingerprint density at radius 2 is 2.06 bits per heavy atom. The number of carbonyl (C=O) groups excluding carboxylic acids is 1. The summed E-state index contributed by atoms with van der Waals surface area (Å²) in [6.45, 7) is 3.97. The van der Waals surface area contributed by atoms with Crippen LogP contribution in [0.1, 0.15) is 21.7 Å². The fraction of sp³-hybridized carbons (Fsp3) is 0.333. The fourth-order valence-corrected chi connectivity index (χ4v) is 1.95. The Bertz CT molecular complexity index is 569. The molecule has 0 saturated heterocycles. The highest BCUT2D eigenvalue weighted by Crippen LogP contribution is 2.09. The van der Waals surface area contributed by atoms with Crippen LogP contribution in [0.2, 0.25) is 0 Å². The predicted octanol–water partition coefficient (Wildman–Crippen LogP) is 0.740. The number of nitrogens with one attached hydrogen (secondary N) is 1. The van der Waals surface area contributed by atoms with Crippen molar-refractivity contribution < 1.29 is 9.20 Å². The van der Waals surface area contributed by atoms with E-state index in [1.54, 1.807) is 7.05 Å². The van der Waals surface area contributed by atoms with Crippen LogP contribution in [0.5, 0.6) is 0 Å². The van der Waals surface area contributed by atoms with Crippen molar-refractivity contribution in [3.8, 4) is 0 Å². The second-order valence-electron chi connectivity index (χ2n) is 4.01. The average molecular weight is 218 g/mol. The van der Waals surface area contributed by atoms with Gasteiger partial charge in [-0.3, -0.25) is 4.79 Å². The van der Waals surface area contributed by atoms with Crippen LogP contribution in [0.4, 0.5) is 0 Å². The Kier molecular flexibility index (Phi) is 2.42. The molecule has 16 heavy (non-hydrogen) atoms. The van der Waals surface area contributed by atoms with Crippen molar-refractivity contribution in [2.75, 3.05) is 7.05 Å². The summed E-state index contributed by atoms with van der Waals surface area (Å²) in [6.07, 6.45) is 1.98. The molecule has 0 aromatic carbocycles. The largest absolute Gasteiger partial charge is 0.352 e. The van der Waals surface area contributed by atoms with Crippen molar-refractivity contribution in [3.05, 3.63) is 35.3 Å². The Labute approximate surface area is 94.5 Å². The van der Waals surface area contributed by atoms with E-state index in [0.717, 1.165) is 16.9 Å². The molecule has 2 aromatic rings. The van der Waals surface area contributed by atoms with Crippen molar-refractivity contribution in [1.29, 1.82) is 0 Å². The van der Waals surface area contributed by atoms with Gasteiger partial charge in [0, 0.05) is 20.0 Å². The Hall–Kier alpha value is -1.84. The molecule has 1 amide bonds. The first-order valence-corrected chi connectivity index (χ1v) is 5.25. The zero-order valence-electron chi connectivity index (χ0n) is 10.0.